The van der Waals surface area contributed by atoms with Crippen molar-refractivity contribution in [3.8, 4) is 23.0 Å². The number of anilines is 2. The second-order valence-electron chi connectivity index (χ2n) is 18.1. The van der Waals surface area contributed by atoms with Gasteiger partial charge in [0.2, 0.25) is 11.2 Å². The number of rotatable bonds is 16. The van der Waals surface area contributed by atoms with Gasteiger partial charge in [-0.25, -0.2) is 9.97 Å². The monoisotopic (exact) mass is 988 g/mol. The molecule has 6 aromatic rings. The molecule has 382 valence electrons. The van der Waals surface area contributed by atoms with Gasteiger partial charge in [0.25, 0.3) is 11.8 Å². The quantitative estimate of drug-likeness (QED) is 0.109. The highest BCUT2D eigenvalue weighted by Gasteiger charge is 2.25. The van der Waals surface area contributed by atoms with Gasteiger partial charge in [0.05, 0.1) is 44.3 Å². The number of methoxy groups -OCH3 is 2. The number of aromatic nitrogens is 6. The van der Waals surface area contributed by atoms with Gasteiger partial charge in [0.15, 0.2) is 23.0 Å². The van der Waals surface area contributed by atoms with Crippen molar-refractivity contribution in [2.24, 2.45) is 9.98 Å². The van der Waals surface area contributed by atoms with Gasteiger partial charge >= 0.3 is 0 Å². The van der Waals surface area contributed by atoms with Gasteiger partial charge in [0.1, 0.15) is 48.1 Å². The zero-order valence-corrected chi connectivity index (χ0v) is 41.9. The van der Waals surface area contributed by atoms with E-state index >= 15 is 0 Å². The van der Waals surface area contributed by atoms with Crippen molar-refractivity contribution < 1.29 is 43.5 Å². The highest BCUT2D eigenvalue weighted by molar-refractivity contribution is 5.98. The number of aliphatic hydroxyl groups is 2. The zero-order chi connectivity index (χ0) is 50.9. The molecule has 4 aromatic heterocycles. The summed E-state index contributed by atoms with van der Waals surface area (Å²) in [4.78, 5) is 56.3. The van der Waals surface area contributed by atoms with Crippen LogP contribution in [0, 0.1) is 6.92 Å². The van der Waals surface area contributed by atoms with Crippen LogP contribution < -0.4 is 40.8 Å². The average Bonchev–Trinajstić information content (AvgIpc) is 4.09. The first-order valence-corrected chi connectivity index (χ1v) is 24.2. The third kappa shape index (κ3) is 11.7. The fourth-order valence-corrected chi connectivity index (χ4v) is 9.02. The van der Waals surface area contributed by atoms with Crippen molar-refractivity contribution >= 4 is 45.3 Å². The van der Waals surface area contributed by atoms with Crippen molar-refractivity contribution in [1.82, 2.24) is 38.9 Å². The molecule has 7 heterocycles. The van der Waals surface area contributed by atoms with Crippen molar-refractivity contribution in [3.05, 3.63) is 95.2 Å². The van der Waals surface area contributed by atoms with Crippen molar-refractivity contribution in [3.63, 3.8) is 0 Å². The number of hydrogen-bond acceptors (Lipinski definition) is 17. The van der Waals surface area contributed by atoms with Crippen molar-refractivity contribution in [1.29, 1.82) is 0 Å². The Kier molecular flexibility index (Phi) is 16.7. The molecule has 1 fully saturated rings. The van der Waals surface area contributed by atoms with Gasteiger partial charge in [-0.15, -0.1) is 0 Å². The standard InChI is InChI=1S/C26H34N6O4.C25H30N6O5/c1-16(2)32(17(3)4)14-19(33)15-36-21-9-8-20-22(23(21)35-5)29-26(31-12-11-28-24(20)31)30-25(34)18-7-6-10-27-13-18;1-16-18(4-3-7-26-16)24(33)29-25-28-21-19(23-27-8-9-31(23)25)5-6-20(22(21)34-2)36-15-17(32)14-30-10-12-35-13-11-30/h6-10,13,16-17,19,28,33H,11-12,14-15H2,1-5H3;3-7,17,27,32H,8-15H2,1-2H3/t19-;17-/m11/s1. The molecule has 3 aliphatic heterocycles. The van der Waals surface area contributed by atoms with E-state index in [1.807, 2.05) is 33.4 Å². The third-order valence-electron chi connectivity index (χ3n) is 12.5. The summed E-state index contributed by atoms with van der Waals surface area (Å²) in [7, 11) is 3.09. The van der Waals surface area contributed by atoms with Crippen LogP contribution in [0.4, 0.5) is 11.6 Å². The molecule has 2 aromatic carbocycles. The largest absolute Gasteiger partial charge is 0.491 e. The number of benzene rings is 2. The lowest BCUT2D eigenvalue weighted by Crippen LogP contribution is -2.43. The number of amides is 2. The number of pyridine rings is 2. The number of carbonyl (C=O) groups excluding carboxylic acids is 2. The first-order chi connectivity index (χ1) is 34.8. The number of ether oxygens (including phenoxy) is 5. The Morgan fingerprint density at radius 1 is 0.750 bits per heavy atom. The number of hydrogen-bond donors (Lipinski definition) is 4. The molecule has 2 amide bonds. The molecule has 0 saturated carbocycles. The van der Waals surface area contributed by atoms with Crippen molar-refractivity contribution in [2.75, 3.05) is 90.5 Å². The first kappa shape index (κ1) is 51.3. The topological polar surface area (TPSA) is 237 Å². The highest BCUT2D eigenvalue weighted by atomic mass is 16.5. The number of β-amino-alcohol motifs (C(OH)–C–C–N with tert-alkyl or cyclic N) is 1. The smallest absolute Gasteiger partial charge is 0.282 e. The Labute approximate surface area is 417 Å². The van der Waals surface area contributed by atoms with Crippen LogP contribution in [0.2, 0.25) is 0 Å². The maximum atomic E-state index is 13.0. The summed E-state index contributed by atoms with van der Waals surface area (Å²) in [5.41, 5.74) is 3.01. The summed E-state index contributed by atoms with van der Waals surface area (Å²) in [6, 6.07) is 14.8. The minimum Gasteiger partial charge on any atom is -0.491 e. The number of nitrogens with one attached hydrogen (secondary N) is 2. The Hall–Kier alpha value is -7.04. The maximum Gasteiger partial charge on any atom is 0.282 e. The highest BCUT2D eigenvalue weighted by Crippen LogP contribution is 2.38. The molecule has 3 aliphatic rings. The molecule has 9 rings (SSSR count). The SMILES string of the molecule is COc1c(OC[C@H](O)CN(C(C)C)C(C)C)ccc2c3n(c(=NC(=O)c4cccnc4)nc12)CCN3.COc1c(OC[C@H](O)CN2CCOCC2)ccc2c3n(c(=NC(=O)c4cccnc4C)nc12)CCN3. The molecular formula is C51H64N12O9. The summed E-state index contributed by atoms with van der Waals surface area (Å²) >= 11 is 0. The lowest BCUT2D eigenvalue weighted by atomic mass is 10.2. The zero-order valence-electron chi connectivity index (χ0n) is 41.9. The Bertz CT molecular complexity index is 3020. The number of fused-ring (bicyclic) bond motifs is 6. The number of morpholine rings is 1. The van der Waals surface area contributed by atoms with E-state index in [0.717, 1.165) is 35.5 Å². The Morgan fingerprint density at radius 2 is 1.31 bits per heavy atom. The third-order valence-corrected chi connectivity index (χ3v) is 12.5. The van der Waals surface area contributed by atoms with Crippen LogP contribution in [0.5, 0.6) is 23.0 Å². The van der Waals surface area contributed by atoms with E-state index < -0.39 is 24.0 Å². The second kappa shape index (κ2) is 23.5. The maximum absolute atomic E-state index is 13.0. The number of aryl methyl sites for hydroxylation is 1. The number of aliphatic hydroxyl groups excluding tert-OH is 2. The molecule has 0 spiro atoms. The van der Waals surface area contributed by atoms with Crippen LogP contribution in [0.3, 0.4) is 0 Å². The lowest BCUT2D eigenvalue weighted by molar-refractivity contribution is 0.00446. The van der Waals surface area contributed by atoms with Gasteiger partial charge in [-0.05, 0) is 83.1 Å². The fraction of sp³-hybridized carbons (Fsp3) is 0.451. The molecule has 0 aliphatic carbocycles. The molecule has 21 heteroatoms. The van der Waals surface area contributed by atoms with Gasteiger partial charge in [-0.2, -0.15) is 9.98 Å². The molecule has 72 heavy (non-hydrogen) atoms. The van der Waals surface area contributed by atoms with Crippen LogP contribution >= 0.6 is 0 Å². The fourth-order valence-electron chi connectivity index (χ4n) is 9.02. The molecule has 0 unspecified atom stereocenters. The molecule has 2 atom stereocenters. The van der Waals surface area contributed by atoms with E-state index in [4.69, 9.17) is 33.7 Å². The van der Waals surface area contributed by atoms with Crippen LogP contribution in [0.15, 0.2) is 77.1 Å². The number of carbonyl (C=O) groups is 2. The normalized spacial score (nSPS) is 15.7. The summed E-state index contributed by atoms with van der Waals surface area (Å²) in [5, 5.41) is 29.5. The van der Waals surface area contributed by atoms with Gasteiger partial charge in [-0.3, -0.25) is 38.5 Å². The molecule has 4 N–H and O–H groups in total. The van der Waals surface area contributed by atoms with Crippen molar-refractivity contribution in [2.45, 2.75) is 72.0 Å². The van der Waals surface area contributed by atoms with Gasteiger partial charge in [0, 0.05) is 93.8 Å². The van der Waals surface area contributed by atoms with E-state index in [9.17, 15) is 19.8 Å². The Balaban J connectivity index is 0.000000193. The summed E-state index contributed by atoms with van der Waals surface area (Å²) < 4.78 is 32.5. The molecule has 1 saturated heterocycles. The van der Waals surface area contributed by atoms with E-state index in [2.05, 4.69) is 68.1 Å². The molecule has 0 bridgehead atoms. The predicted molar refractivity (Wildman–Crippen MR) is 270 cm³/mol. The van der Waals surface area contributed by atoms with E-state index in [1.54, 1.807) is 57.8 Å². The minimum atomic E-state index is -0.678. The van der Waals surface area contributed by atoms with Crippen LogP contribution in [0.1, 0.15) is 54.1 Å². The summed E-state index contributed by atoms with van der Waals surface area (Å²) in [6.45, 7) is 17.0. The molecule has 21 nitrogen and oxygen atoms in total. The van der Waals surface area contributed by atoms with Gasteiger partial charge < -0.3 is 44.5 Å². The lowest BCUT2D eigenvalue weighted by Gasteiger charge is -2.32. The van der Waals surface area contributed by atoms with Crippen LogP contribution in [-0.4, -0.2) is 165 Å². The Morgan fingerprint density at radius 3 is 1.83 bits per heavy atom. The van der Waals surface area contributed by atoms with E-state index in [-0.39, 0.29) is 24.5 Å². The van der Waals surface area contributed by atoms with E-state index in [1.165, 1.54) is 6.20 Å². The minimum absolute atomic E-state index is 0.104. The summed E-state index contributed by atoms with van der Waals surface area (Å²) in [6.07, 6.45) is 3.38. The summed E-state index contributed by atoms with van der Waals surface area (Å²) in [5.74, 6) is 2.55. The predicted octanol–water partition coefficient (Wildman–Crippen LogP) is 3.45. The van der Waals surface area contributed by atoms with Crippen LogP contribution in [0.25, 0.3) is 21.8 Å². The second-order valence-corrected chi connectivity index (χ2v) is 18.1. The van der Waals surface area contributed by atoms with E-state index in [0.29, 0.717) is 115 Å². The first-order valence-electron chi connectivity index (χ1n) is 24.2. The van der Waals surface area contributed by atoms with Gasteiger partial charge in [-0.1, -0.05) is 0 Å². The molecular weight excluding hydrogens is 925 g/mol. The average molecular weight is 989 g/mol. The number of nitrogens with zero attached hydrogens (tertiary/aromatic N) is 10. The molecule has 0 radical (unpaired) electrons. The van der Waals surface area contributed by atoms with Crippen LogP contribution in [-0.2, 0) is 17.8 Å².